The quantitative estimate of drug-likeness (QED) is 0.756. The van der Waals surface area contributed by atoms with Gasteiger partial charge in [0.2, 0.25) is 5.91 Å². The first-order chi connectivity index (χ1) is 12.5. The summed E-state index contributed by atoms with van der Waals surface area (Å²) < 4.78 is 0. The molecule has 154 valence electrons. The van der Waals surface area contributed by atoms with Crippen molar-refractivity contribution in [3.8, 4) is 11.3 Å². The third kappa shape index (κ3) is 4.88. The highest BCUT2D eigenvalue weighted by Gasteiger charge is 2.36. The van der Waals surface area contributed by atoms with Crippen LogP contribution in [0.15, 0.2) is 24.3 Å². The number of hydrogen-bond acceptors (Lipinski definition) is 4. The van der Waals surface area contributed by atoms with Crippen molar-refractivity contribution in [1.29, 1.82) is 0 Å². The molecular weight excluding hydrogens is 413 g/mol. The third-order valence-corrected chi connectivity index (χ3v) is 6.80. The molecule has 2 aliphatic heterocycles. The van der Waals surface area contributed by atoms with Crippen molar-refractivity contribution in [2.24, 2.45) is 0 Å². The van der Waals surface area contributed by atoms with Gasteiger partial charge in [0.25, 0.3) is 0 Å². The van der Waals surface area contributed by atoms with Crippen LogP contribution < -0.4 is 5.32 Å². The van der Waals surface area contributed by atoms with Crippen molar-refractivity contribution in [1.82, 2.24) is 15.2 Å². The van der Waals surface area contributed by atoms with Crippen LogP contribution in [0.5, 0.6) is 0 Å². The summed E-state index contributed by atoms with van der Waals surface area (Å²) in [6.45, 7) is 4.10. The summed E-state index contributed by atoms with van der Waals surface area (Å²) in [5.74, 6) is 0.216. The number of benzene rings is 1. The Balaban J connectivity index is 0.00000140. The van der Waals surface area contributed by atoms with Gasteiger partial charge in [-0.05, 0) is 39.5 Å². The minimum Gasteiger partial charge on any atom is -0.342 e. The summed E-state index contributed by atoms with van der Waals surface area (Å²) in [5.41, 5.74) is 3.31. The van der Waals surface area contributed by atoms with Gasteiger partial charge in [0.15, 0.2) is 0 Å². The normalized spacial score (nSPS) is 22.9. The molecule has 7 heteroatoms. The van der Waals surface area contributed by atoms with E-state index in [1.54, 1.807) is 11.3 Å². The number of rotatable bonds is 4. The summed E-state index contributed by atoms with van der Waals surface area (Å²) in [6.07, 6.45) is 5.14. The Hall–Kier alpha value is -1.14. The molecule has 3 heterocycles. The van der Waals surface area contributed by atoms with Gasteiger partial charge in [-0.2, -0.15) is 0 Å². The van der Waals surface area contributed by atoms with Gasteiger partial charge in [0.05, 0.1) is 17.1 Å². The van der Waals surface area contributed by atoms with E-state index in [2.05, 4.69) is 36.5 Å². The van der Waals surface area contributed by atoms with Gasteiger partial charge >= 0.3 is 0 Å². The number of thiazole rings is 1. The molecule has 0 spiro atoms. The van der Waals surface area contributed by atoms with Gasteiger partial charge in [-0.25, -0.2) is 4.98 Å². The molecule has 1 aromatic carbocycles. The molecule has 2 bridgehead atoms. The van der Waals surface area contributed by atoms with Crippen molar-refractivity contribution in [2.45, 2.75) is 64.1 Å². The topological polar surface area (TPSA) is 45.2 Å². The Morgan fingerprint density at radius 1 is 1.14 bits per heavy atom. The van der Waals surface area contributed by atoms with E-state index in [-0.39, 0.29) is 30.7 Å². The first-order valence-corrected chi connectivity index (χ1v) is 10.4. The van der Waals surface area contributed by atoms with Crippen molar-refractivity contribution in [3.63, 3.8) is 0 Å². The number of carbonyl (C=O) groups is 1. The second-order valence-electron chi connectivity index (χ2n) is 7.82. The molecule has 0 aliphatic carbocycles. The fourth-order valence-electron chi connectivity index (χ4n) is 4.34. The van der Waals surface area contributed by atoms with Crippen LogP contribution in [0.4, 0.5) is 0 Å². The number of aromatic nitrogens is 1. The SMILES string of the molecule is Cc1ccc(-c2nc(C)sc2CC(=O)N(C)C2CC3CCC(C2)N3)cc1.Cl.Cl. The van der Waals surface area contributed by atoms with Gasteiger partial charge in [0, 0.05) is 35.6 Å². The lowest BCUT2D eigenvalue weighted by atomic mass is 9.98. The summed E-state index contributed by atoms with van der Waals surface area (Å²) >= 11 is 1.65. The highest BCUT2D eigenvalue weighted by atomic mass is 35.5. The molecule has 28 heavy (non-hydrogen) atoms. The molecule has 4 nitrogen and oxygen atoms in total. The number of halogens is 2. The van der Waals surface area contributed by atoms with Crippen LogP contribution in [-0.4, -0.2) is 41.0 Å². The predicted octanol–water partition coefficient (Wildman–Crippen LogP) is 4.55. The Morgan fingerprint density at radius 2 is 1.75 bits per heavy atom. The van der Waals surface area contributed by atoms with Gasteiger partial charge in [-0.1, -0.05) is 29.8 Å². The van der Waals surface area contributed by atoms with E-state index < -0.39 is 0 Å². The van der Waals surface area contributed by atoms with Gasteiger partial charge < -0.3 is 10.2 Å². The number of carbonyl (C=O) groups excluding carboxylic acids is 1. The van der Waals surface area contributed by atoms with Crippen LogP contribution in [0.2, 0.25) is 0 Å². The van der Waals surface area contributed by atoms with Gasteiger partial charge in [-0.15, -0.1) is 36.2 Å². The minimum absolute atomic E-state index is 0. The van der Waals surface area contributed by atoms with Crippen molar-refractivity contribution in [3.05, 3.63) is 39.7 Å². The zero-order valence-corrected chi connectivity index (χ0v) is 19.1. The van der Waals surface area contributed by atoms with Crippen LogP contribution in [0.1, 0.15) is 41.1 Å². The smallest absolute Gasteiger partial charge is 0.227 e. The largest absolute Gasteiger partial charge is 0.342 e. The monoisotopic (exact) mass is 441 g/mol. The van der Waals surface area contributed by atoms with Gasteiger partial charge in [0.1, 0.15) is 0 Å². The van der Waals surface area contributed by atoms with Crippen LogP contribution in [0.25, 0.3) is 11.3 Å². The van der Waals surface area contributed by atoms with Gasteiger partial charge in [-0.3, -0.25) is 4.79 Å². The van der Waals surface area contributed by atoms with Crippen LogP contribution in [-0.2, 0) is 11.2 Å². The number of likely N-dealkylation sites (N-methyl/N-ethyl adjacent to an activating group) is 1. The fraction of sp³-hybridized carbons (Fsp3) is 0.524. The number of hydrogen-bond donors (Lipinski definition) is 1. The van der Waals surface area contributed by atoms with Crippen LogP contribution in [0.3, 0.4) is 0 Å². The highest BCUT2D eigenvalue weighted by molar-refractivity contribution is 7.12. The van der Waals surface area contributed by atoms with Crippen molar-refractivity contribution >= 4 is 42.1 Å². The van der Waals surface area contributed by atoms with E-state index in [0.717, 1.165) is 34.0 Å². The number of amides is 1. The highest BCUT2D eigenvalue weighted by Crippen LogP contribution is 2.32. The van der Waals surface area contributed by atoms with Crippen molar-refractivity contribution in [2.75, 3.05) is 7.05 Å². The minimum atomic E-state index is 0. The molecule has 2 atom stereocenters. The van der Waals surface area contributed by atoms with E-state index in [4.69, 9.17) is 4.98 Å². The molecular formula is C21H29Cl2N3OS. The molecule has 2 saturated heterocycles. The fourth-order valence-corrected chi connectivity index (χ4v) is 5.28. The Morgan fingerprint density at radius 3 is 2.36 bits per heavy atom. The molecule has 2 fully saturated rings. The predicted molar refractivity (Wildman–Crippen MR) is 121 cm³/mol. The Kier molecular flexibility index (Phi) is 7.91. The lowest BCUT2D eigenvalue weighted by Crippen LogP contribution is -2.49. The first kappa shape index (κ1) is 23.1. The maximum Gasteiger partial charge on any atom is 0.227 e. The van der Waals surface area contributed by atoms with E-state index in [1.807, 2.05) is 18.9 Å². The average molecular weight is 442 g/mol. The molecule has 0 saturated carbocycles. The van der Waals surface area contributed by atoms with E-state index in [0.29, 0.717) is 24.5 Å². The Labute approximate surface area is 183 Å². The first-order valence-electron chi connectivity index (χ1n) is 9.54. The van der Waals surface area contributed by atoms with E-state index in [1.165, 1.54) is 18.4 Å². The number of nitrogens with one attached hydrogen (secondary N) is 1. The molecule has 0 radical (unpaired) electrons. The third-order valence-electron chi connectivity index (χ3n) is 5.83. The van der Waals surface area contributed by atoms with Crippen LogP contribution in [0, 0.1) is 13.8 Å². The number of aryl methyl sites for hydroxylation is 2. The summed E-state index contributed by atoms with van der Waals surface area (Å²) in [7, 11) is 1.98. The number of fused-ring (bicyclic) bond motifs is 2. The lowest BCUT2D eigenvalue weighted by Gasteiger charge is -2.35. The molecule has 2 aromatic rings. The van der Waals surface area contributed by atoms with Crippen LogP contribution >= 0.6 is 36.2 Å². The number of nitrogens with zero attached hydrogens (tertiary/aromatic N) is 2. The average Bonchev–Trinajstić information content (AvgIpc) is 3.16. The van der Waals surface area contributed by atoms with E-state index >= 15 is 0 Å². The zero-order valence-electron chi connectivity index (χ0n) is 16.6. The maximum atomic E-state index is 13.0. The van der Waals surface area contributed by atoms with Crippen molar-refractivity contribution < 1.29 is 4.79 Å². The summed E-state index contributed by atoms with van der Waals surface area (Å²) in [6, 6.07) is 9.99. The lowest BCUT2D eigenvalue weighted by molar-refractivity contribution is -0.131. The second-order valence-corrected chi connectivity index (χ2v) is 9.10. The second kappa shape index (κ2) is 9.57. The molecule has 2 unspecified atom stereocenters. The molecule has 4 rings (SSSR count). The summed E-state index contributed by atoms with van der Waals surface area (Å²) in [5, 5.41) is 4.68. The molecule has 1 aromatic heterocycles. The number of piperidine rings is 1. The summed E-state index contributed by atoms with van der Waals surface area (Å²) in [4.78, 5) is 20.8. The maximum absolute atomic E-state index is 13.0. The zero-order chi connectivity index (χ0) is 18.3. The standard InChI is InChI=1S/C21H27N3OS.2ClH/c1-13-4-6-15(7-5-13)21-19(26-14(2)22-21)12-20(25)24(3)18-10-16-8-9-17(11-18)23-16;;/h4-7,16-18,23H,8-12H2,1-3H3;2*1H. The molecule has 2 aliphatic rings. The molecule has 1 N–H and O–H groups in total. The Bertz CT molecular complexity index is 796. The molecule has 1 amide bonds. The van der Waals surface area contributed by atoms with E-state index in [9.17, 15) is 4.79 Å².